The number of carboxylic acids is 1. The molecule has 0 saturated carbocycles. The van der Waals surface area contributed by atoms with Crippen LogP contribution < -0.4 is 4.72 Å². The fourth-order valence-corrected chi connectivity index (χ4v) is 2.71. The molecule has 0 aliphatic rings. The molecular formula is C10H17N3O4S. The summed E-state index contributed by atoms with van der Waals surface area (Å²) >= 11 is 0. The molecule has 0 spiro atoms. The van der Waals surface area contributed by atoms with Gasteiger partial charge in [-0.15, -0.1) is 0 Å². The van der Waals surface area contributed by atoms with Gasteiger partial charge in [-0.05, 0) is 18.4 Å². The second-order valence-corrected chi connectivity index (χ2v) is 5.90. The van der Waals surface area contributed by atoms with Crippen LogP contribution >= 0.6 is 0 Å². The van der Waals surface area contributed by atoms with Gasteiger partial charge < -0.3 is 5.11 Å². The Morgan fingerprint density at radius 2 is 2.28 bits per heavy atom. The van der Waals surface area contributed by atoms with Crippen molar-refractivity contribution in [3.05, 3.63) is 12.3 Å². The summed E-state index contributed by atoms with van der Waals surface area (Å²) in [5.74, 6) is -0.916. The van der Waals surface area contributed by atoms with Crippen molar-refractivity contribution in [2.75, 3.05) is 6.54 Å². The van der Waals surface area contributed by atoms with Crippen LogP contribution in [0.25, 0.3) is 0 Å². The van der Waals surface area contributed by atoms with Gasteiger partial charge in [0.1, 0.15) is 0 Å². The first-order chi connectivity index (χ1) is 8.33. The van der Waals surface area contributed by atoms with Crippen LogP contribution in [0.5, 0.6) is 0 Å². The van der Waals surface area contributed by atoms with Crippen LogP contribution in [0.1, 0.15) is 19.8 Å². The average Bonchev–Trinajstić information content (AvgIpc) is 2.71. The van der Waals surface area contributed by atoms with E-state index in [1.807, 2.05) is 0 Å². The number of nitrogens with zero attached hydrogens (tertiary/aromatic N) is 2. The number of aliphatic carboxylic acids is 1. The van der Waals surface area contributed by atoms with Gasteiger partial charge >= 0.3 is 5.97 Å². The lowest BCUT2D eigenvalue weighted by Crippen LogP contribution is -2.30. The molecular weight excluding hydrogens is 258 g/mol. The molecule has 102 valence electrons. The van der Waals surface area contributed by atoms with E-state index in [4.69, 9.17) is 5.11 Å². The van der Waals surface area contributed by atoms with Crippen LogP contribution in [0.2, 0.25) is 0 Å². The number of carboxylic acid groups (broad SMARTS) is 1. The Hall–Kier alpha value is -1.41. The Balaban J connectivity index is 2.53. The lowest BCUT2D eigenvalue weighted by Gasteiger charge is -2.11. The van der Waals surface area contributed by atoms with Gasteiger partial charge in [-0.1, -0.05) is 6.92 Å². The van der Waals surface area contributed by atoms with E-state index in [1.165, 1.54) is 16.9 Å². The van der Waals surface area contributed by atoms with E-state index in [0.29, 0.717) is 6.42 Å². The fraction of sp³-hybridized carbons (Fsp3) is 0.600. The number of carbonyl (C=O) groups is 1. The minimum absolute atomic E-state index is 0.0363. The van der Waals surface area contributed by atoms with Gasteiger partial charge in [-0.3, -0.25) is 9.48 Å². The van der Waals surface area contributed by atoms with Crippen LogP contribution in [-0.4, -0.2) is 35.8 Å². The summed E-state index contributed by atoms with van der Waals surface area (Å²) in [6, 6.07) is 1.41. The Morgan fingerprint density at radius 3 is 2.78 bits per heavy atom. The summed E-state index contributed by atoms with van der Waals surface area (Å²) in [7, 11) is -2.03. The van der Waals surface area contributed by atoms with E-state index in [2.05, 4.69) is 9.82 Å². The molecule has 0 fully saturated rings. The second kappa shape index (κ2) is 5.96. The van der Waals surface area contributed by atoms with Gasteiger partial charge in [-0.2, -0.15) is 5.10 Å². The van der Waals surface area contributed by atoms with E-state index >= 15 is 0 Å². The monoisotopic (exact) mass is 275 g/mol. The lowest BCUT2D eigenvalue weighted by molar-refractivity contribution is -0.137. The van der Waals surface area contributed by atoms with E-state index in [9.17, 15) is 13.2 Å². The Labute approximate surface area is 106 Å². The first-order valence-corrected chi connectivity index (χ1v) is 7.00. The van der Waals surface area contributed by atoms with Gasteiger partial charge in [-0.25, -0.2) is 13.1 Å². The predicted octanol–water partition coefficient (Wildman–Crippen LogP) is 0.199. The number of hydrogen-bond acceptors (Lipinski definition) is 4. The first kappa shape index (κ1) is 14.7. The zero-order chi connectivity index (χ0) is 13.8. The zero-order valence-corrected chi connectivity index (χ0v) is 11.1. The lowest BCUT2D eigenvalue weighted by atomic mass is 10.1. The quantitative estimate of drug-likeness (QED) is 0.740. The summed E-state index contributed by atoms with van der Waals surface area (Å²) in [4.78, 5) is 10.4. The minimum Gasteiger partial charge on any atom is -0.481 e. The average molecular weight is 275 g/mol. The number of rotatable bonds is 7. The molecule has 2 N–H and O–H groups in total. The van der Waals surface area contributed by atoms with E-state index < -0.39 is 16.0 Å². The van der Waals surface area contributed by atoms with Crippen LogP contribution in [0.3, 0.4) is 0 Å². The molecule has 1 unspecified atom stereocenters. The SMILES string of the molecule is CC(CCC(=O)O)CNS(=O)(=O)c1ccnn1C. The maximum absolute atomic E-state index is 11.9. The maximum Gasteiger partial charge on any atom is 0.303 e. The third-order valence-corrected chi connectivity index (χ3v) is 4.02. The zero-order valence-electron chi connectivity index (χ0n) is 10.3. The molecule has 1 atom stereocenters. The molecule has 0 bridgehead atoms. The number of aryl methyl sites for hydroxylation is 1. The van der Waals surface area contributed by atoms with Crippen molar-refractivity contribution in [3.63, 3.8) is 0 Å². The standard InChI is InChI=1S/C10H17N3O4S/c1-8(3-4-10(14)15)7-12-18(16,17)9-5-6-11-13(9)2/h5-6,8,12H,3-4,7H2,1-2H3,(H,14,15). The van der Waals surface area contributed by atoms with Crippen LogP contribution in [-0.2, 0) is 21.9 Å². The Bertz CT molecular complexity index is 509. The van der Waals surface area contributed by atoms with Crippen molar-refractivity contribution in [2.24, 2.45) is 13.0 Å². The van der Waals surface area contributed by atoms with Gasteiger partial charge in [0.2, 0.25) is 0 Å². The van der Waals surface area contributed by atoms with Crippen LogP contribution in [0, 0.1) is 5.92 Å². The highest BCUT2D eigenvalue weighted by Gasteiger charge is 2.18. The molecule has 0 amide bonds. The molecule has 1 aromatic rings. The first-order valence-electron chi connectivity index (χ1n) is 5.52. The van der Waals surface area contributed by atoms with Gasteiger partial charge in [0.25, 0.3) is 10.0 Å². The summed E-state index contributed by atoms with van der Waals surface area (Å²) in [6.45, 7) is 2.01. The highest BCUT2D eigenvalue weighted by molar-refractivity contribution is 7.89. The largest absolute Gasteiger partial charge is 0.481 e. The van der Waals surface area contributed by atoms with Crippen molar-refractivity contribution in [1.29, 1.82) is 0 Å². The third-order valence-electron chi connectivity index (χ3n) is 2.52. The highest BCUT2D eigenvalue weighted by atomic mass is 32.2. The second-order valence-electron chi connectivity index (χ2n) is 4.18. The maximum atomic E-state index is 11.9. The summed E-state index contributed by atoms with van der Waals surface area (Å²) in [6.07, 6.45) is 1.88. The number of sulfonamides is 1. The molecule has 1 rings (SSSR count). The Kier molecular flexibility index (Phi) is 4.85. The molecule has 0 aliphatic carbocycles. The summed E-state index contributed by atoms with van der Waals surface area (Å²) in [5.41, 5.74) is 0. The van der Waals surface area contributed by atoms with Crippen molar-refractivity contribution in [2.45, 2.75) is 24.8 Å². The summed E-state index contributed by atoms with van der Waals surface area (Å²) < 4.78 is 27.4. The van der Waals surface area contributed by atoms with Crippen LogP contribution in [0.4, 0.5) is 0 Å². The minimum atomic E-state index is -3.58. The van der Waals surface area contributed by atoms with Gasteiger partial charge in [0.05, 0.1) is 6.20 Å². The van der Waals surface area contributed by atoms with Crippen molar-refractivity contribution < 1.29 is 18.3 Å². The summed E-state index contributed by atoms with van der Waals surface area (Å²) in [5, 5.41) is 12.4. The van der Waals surface area contributed by atoms with Crippen molar-refractivity contribution in [1.82, 2.24) is 14.5 Å². The molecule has 0 aliphatic heterocycles. The molecule has 0 radical (unpaired) electrons. The Morgan fingerprint density at radius 1 is 1.61 bits per heavy atom. The smallest absolute Gasteiger partial charge is 0.303 e. The van der Waals surface area contributed by atoms with E-state index in [1.54, 1.807) is 14.0 Å². The van der Waals surface area contributed by atoms with Crippen molar-refractivity contribution in [3.8, 4) is 0 Å². The van der Waals surface area contributed by atoms with E-state index in [-0.39, 0.29) is 23.9 Å². The number of nitrogens with one attached hydrogen (secondary N) is 1. The third kappa shape index (κ3) is 4.11. The van der Waals surface area contributed by atoms with Crippen LogP contribution in [0.15, 0.2) is 17.3 Å². The van der Waals surface area contributed by atoms with Gasteiger partial charge in [0, 0.05) is 20.0 Å². The molecule has 18 heavy (non-hydrogen) atoms. The molecule has 7 nitrogen and oxygen atoms in total. The molecule has 1 heterocycles. The number of hydrogen-bond donors (Lipinski definition) is 2. The normalized spacial score (nSPS) is 13.4. The molecule has 0 saturated heterocycles. The van der Waals surface area contributed by atoms with Crippen molar-refractivity contribution >= 4 is 16.0 Å². The van der Waals surface area contributed by atoms with E-state index in [0.717, 1.165) is 0 Å². The molecule has 8 heteroatoms. The molecule has 1 aromatic heterocycles. The van der Waals surface area contributed by atoms with Gasteiger partial charge in [0.15, 0.2) is 5.03 Å². The molecule has 0 aromatic carbocycles. The topological polar surface area (TPSA) is 101 Å². The fourth-order valence-electron chi connectivity index (χ4n) is 1.42. The number of aromatic nitrogens is 2. The highest BCUT2D eigenvalue weighted by Crippen LogP contribution is 2.09. The predicted molar refractivity (Wildman–Crippen MR) is 64.4 cm³/mol.